The van der Waals surface area contributed by atoms with Gasteiger partial charge < -0.3 is 14.8 Å². The first kappa shape index (κ1) is 14.9. The molecule has 23 heavy (non-hydrogen) atoms. The van der Waals surface area contributed by atoms with Gasteiger partial charge in [-0.3, -0.25) is 0 Å². The summed E-state index contributed by atoms with van der Waals surface area (Å²) >= 11 is 5.87. The van der Waals surface area contributed by atoms with Crippen molar-refractivity contribution in [2.24, 2.45) is 11.3 Å². The van der Waals surface area contributed by atoms with Crippen LogP contribution in [0.25, 0.3) is 0 Å². The predicted molar refractivity (Wildman–Crippen MR) is 92.4 cm³/mol. The first-order valence-corrected chi connectivity index (χ1v) is 8.46. The van der Waals surface area contributed by atoms with E-state index in [2.05, 4.69) is 17.4 Å². The largest absolute Gasteiger partial charge is 0.457 e. The molecule has 1 N–H and O–H groups in total. The van der Waals surface area contributed by atoms with Crippen molar-refractivity contribution in [3.8, 4) is 11.5 Å². The summed E-state index contributed by atoms with van der Waals surface area (Å²) in [4.78, 5) is 0. The van der Waals surface area contributed by atoms with E-state index in [1.807, 2.05) is 36.4 Å². The number of hydrogen-bond acceptors (Lipinski definition) is 3. The van der Waals surface area contributed by atoms with Crippen molar-refractivity contribution in [2.45, 2.75) is 12.8 Å². The predicted octanol–water partition coefficient (Wildman–Crippen LogP) is 4.97. The second kappa shape index (κ2) is 6.06. The van der Waals surface area contributed by atoms with Gasteiger partial charge in [0.2, 0.25) is 0 Å². The van der Waals surface area contributed by atoms with Crippen LogP contribution in [0.1, 0.15) is 12.8 Å². The number of rotatable bonds is 5. The second-order valence-corrected chi connectivity index (χ2v) is 6.96. The van der Waals surface area contributed by atoms with Crippen LogP contribution >= 0.6 is 11.6 Å². The molecule has 4 heteroatoms. The first-order valence-electron chi connectivity index (χ1n) is 8.09. The molecule has 2 aromatic rings. The SMILES string of the molecule is Clc1ccc(Oc2ccc(NCC3CC34CCOC4)cc2)cc1. The Bertz CT molecular complexity index is 663. The van der Waals surface area contributed by atoms with Crippen LogP contribution in [0, 0.1) is 11.3 Å². The quantitative estimate of drug-likeness (QED) is 0.840. The minimum absolute atomic E-state index is 0.491. The Labute approximate surface area is 141 Å². The van der Waals surface area contributed by atoms with Crippen LogP contribution in [-0.4, -0.2) is 19.8 Å². The van der Waals surface area contributed by atoms with Crippen molar-refractivity contribution in [1.82, 2.24) is 0 Å². The number of hydrogen-bond donors (Lipinski definition) is 1. The lowest BCUT2D eigenvalue weighted by atomic mass is 10.0. The summed E-state index contributed by atoms with van der Waals surface area (Å²) in [5, 5.41) is 4.24. The zero-order valence-corrected chi connectivity index (χ0v) is 13.7. The molecule has 0 amide bonds. The molecule has 2 atom stereocenters. The Hall–Kier alpha value is -1.71. The monoisotopic (exact) mass is 329 g/mol. The van der Waals surface area contributed by atoms with Gasteiger partial charge in [-0.25, -0.2) is 0 Å². The van der Waals surface area contributed by atoms with Crippen LogP contribution in [-0.2, 0) is 4.74 Å². The van der Waals surface area contributed by atoms with Crippen molar-refractivity contribution in [2.75, 3.05) is 25.1 Å². The highest BCUT2D eigenvalue weighted by Crippen LogP contribution is 2.57. The molecule has 0 radical (unpaired) electrons. The van der Waals surface area contributed by atoms with Crippen LogP contribution in [0.3, 0.4) is 0 Å². The fraction of sp³-hybridized carbons (Fsp3) is 0.368. The lowest BCUT2D eigenvalue weighted by Crippen LogP contribution is -2.11. The second-order valence-electron chi connectivity index (χ2n) is 6.53. The molecule has 0 bridgehead atoms. The van der Waals surface area contributed by atoms with Gasteiger partial charge >= 0.3 is 0 Å². The average molecular weight is 330 g/mol. The van der Waals surface area contributed by atoms with E-state index in [-0.39, 0.29) is 0 Å². The average Bonchev–Trinajstić information content (AvgIpc) is 3.02. The van der Waals surface area contributed by atoms with Crippen molar-refractivity contribution < 1.29 is 9.47 Å². The van der Waals surface area contributed by atoms with E-state index in [1.54, 1.807) is 0 Å². The van der Waals surface area contributed by atoms with E-state index in [4.69, 9.17) is 21.1 Å². The van der Waals surface area contributed by atoms with Gasteiger partial charge in [0.1, 0.15) is 11.5 Å². The Balaban J connectivity index is 1.30. The third-order valence-electron chi connectivity index (χ3n) is 4.95. The molecule has 2 aliphatic rings. The Morgan fingerprint density at radius 2 is 1.78 bits per heavy atom. The highest BCUT2D eigenvalue weighted by molar-refractivity contribution is 6.30. The van der Waals surface area contributed by atoms with Gasteiger partial charge in [0.25, 0.3) is 0 Å². The molecule has 2 fully saturated rings. The molecule has 1 saturated heterocycles. The fourth-order valence-corrected chi connectivity index (χ4v) is 3.47. The van der Waals surface area contributed by atoms with Gasteiger partial charge in [-0.2, -0.15) is 0 Å². The summed E-state index contributed by atoms with van der Waals surface area (Å²) in [6.07, 6.45) is 2.53. The first-order chi connectivity index (χ1) is 11.2. The van der Waals surface area contributed by atoms with Gasteiger partial charge in [-0.05, 0) is 67.3 Å². The smallest absolute Gasteiger partial charge is 0.127 e. The lowest BCUT2D eigenvalue weighted by Gasteiger charge is -2.10. The molecule has 3 nitrogen and oxygen atoms in total. The zero-order chi connectivity index (χ0) is 15.7. The van der Waals surface area contributed by atoms with Crippen molar-refractivity contribution >= 4 is 17.3 Å². The van der Waals surface area contributed by atoms with Gasteiger partial charge in [0.05, 0.1) is 6.61 Å². The lowest BCUT2D eigenvalue weighted by molar-refractivity contribution is 0.179. The Kier molecular flexibility index (Phi) is 3.92. The molecule has 1 heterocycles. The third kappa shape index (κ3) is 3.31. The summed E-state index contributed by atoms with van der Waals surface area (Å²) in [5.41, 5.74) is 1.62. The van der Waals surface area contributed by atoms with Gasteiger partial charge in [0.15, 0.2) is 0 Å². The fourth-order valence-electron chi connectivity index (χ4n) is 3.35. The van der Waals surface area contributed by atoms with E-state index >= 15 is 0 Å². The van der Waals surface area contributed by atoms with E-state index in [0.717, 1.165) is 42.9 Å². The Morgan fingerprint density at radius 1 is 1.09 bits per heavy atom. The third-order valence-corrected chi connectivity index (χ3v) is 5.20. The minimum atomic E-state index is 0.491. The summed E-state index contributed by atoms with van der Waals surface area (Å²) in [6.45, 7) is 2.92. The van der Waals surface area contributed by atoms with Crippen LogP contribution in [0.4, 0.5) is 5.69 Å². The maximum Gasteiger partial charge on any atom is 0.127 e. The van der Waals surface area contributed by atoms with Crippen molar-refractivity contribution in [3.63, 3.8) is 0 Å². The highest BCUT2D eigenvalue weighted by atomic mass is 35.5. The molecule has 0 aromatic heterocycles. The number of benzene rings is 2. The molecule has 1 spiro atoms. The standard InChI is InChI=1S/C19H20ClNO2/c20-15-1-5-17(6-2-15)23-18-7-3-16(4-8-18)21-12-14-11-19(14)9-10-22-13-19/h1-8,14,21H,9-13H2. The number of halogens is 1. The molecule has 4 rings (SSSR count). The van der Waals surface area contributed by atoms with Crippen molar-refractivity contribution in [3.05, 3.63) is 53.6 Å². The molecule has 2 aromatic carbocycles. The van der Waals surface area contributed by atoms with Gasteiger partial charge in [-0.1, -0.05) is 11.6 Å². The topological polar surface area (TPSA) is 30.5 Å². The molecule has 1 aliphatic heterocycles. The number of ether oxygens (including phenoxy) is 2. The van der Waals surface area contributed by atoms with E-state index in [9.17, 15) is 0 Å². The molecule has 2 unspecified atom stereocenters. The van der Waals surface area contributed by atoms with E-state index < -0.39 is 0 Å². The number of nitrogens with one attached hydrogen (secondary N) is 1. The minimum Gasteiger partial charge on any atom is -0.457 e. The summed E-state index contributed by atoms with van der Waals surface area (Å²) in [7, 11) is 0. The van der Waals surface area contributed by atoms with Gasteiger partial charge in [-0.15, -0.1) is 0 Å². The van der Waals surface area contributed by atoms with Crippen LogP contribution in [0.15, 0.2) is 48.5 Å². The van der Waals surface area contributed by atoms with E-state index in [0.29, 0.717) is 10.4 Å². The van der Waals surface area contributed by atoms with E-state index in [1.165, 1.54) is 12.8 Å². The maximum atomic E-state index is 5.87. The maximum absolute atomic E-state index is 5.87. The Morgan fingerprint density at radius 3 is 2.43 bits per heavy atom. The molecule has 1 saturated carbocycles. The number of anilines is 1. The van der Waals surface area contributed by atoms with Crippen LogP contribution < -0.4 is 10.1 Å². The highest BCUT2D eigenvalue weighted by Gasteiger charge is 2.55. The molecule has 1 aliphatic carbocycles. The zero-order valence-electron chi connectivity index (χ0n) is 12.9. The summed E-state index contributed by atoms with van der Waals surface area (Å²) < 4.78 is 11.3. The summed E-state index contributed by atoms with van der Waals surface area (Å²) in [5.74, 6) is 2.37. The van der Waals surface area contributed by atoms with Crippen molar-refractivity contribution in [1.29, 1.82) is 0 Å². The normalized spacial score (nSPS) is 25.5. The molecular formula is C19H20ClNO2. The summed E-state index contributed by atoms with van der Waals surface area (Å²) in [6, 6.07) is 15.5. The van der Waals surface area contributed by atoms with Crippen LogP contribution in [0.5, 0.6) is 11.5 Å². The molecular weight excluding hydrogens is 310 g/mol. The van der Waals surface area contributed by atoms with Gasteiger partial charge in [0, 0.05) is 29.3 Å². The van der Waals surface area contributed by atoms with Crippen LogP contribution in [0.2, 0.25) is 5.02 Å². The molecule has 120 valence electrons.